The fourth-order valence-electron chi connectivity index (χ4n) is 1.28. The van der Waals surface area contributed by atoms with Crippen molar-refractivity contribution in [3.63, 3.8) is 0 Å². The molecule has 0 radical (unpaired) electrons. The van der Waals surface area contributed by atoms with E-state index >= 15 is 0 Å². The van der Waals surface area contributed by atoms with Crippen LogP contribution in [0.5, 0.6) is 0 Å². The number of nitrogens with zero attached hydrogens (tertiary/aromatic N) is 2. The molecule has 0 spiro atoms. The van der Waals surface area contributed by atoms with Gasteiger partial charge < -0.3 is 5.11 Å². The average molecular weight is 331 g/mol. The first-order valence-electron chi connectivity index (χ1n) is 5.40. The number of aliphatic carboxylic acids is 1. The zero-order valence-corrected chi connectivity index (χ0v) is 11.8. The average Bonchev–Trinajstić information content (AvgIpc) is 2.83. The highest BCUT2D eigenvalue weighted by Crippen LogP contribution is 2.25. The maximum absolute atomic E-state index is 13.4. The molecule has 6 nitrogen and oxygen atoms in total. The molecule has 110 valence electrons. The number of hydrogen-bond donors (Lipinski definition) is 2. The van der Waals surface area contributed by atoms with Crippen LogP contribution in [0.3, 0.4) is 0 Å². The summed E-state index contributed by atoms with van der Waals surface area (Å²) in [6.45, 7) is 0. The molecule has 0 unspecified atom stereocenters. The first kappa shape index (κ1) is 15.3. The summed E-state index contributed by atoms with van der Waals surface area (Å²) in [5.41, 5.74) is -0.327. The molecule has 0 fully saturated rings. The van der Waals surface area contributed by atoms with Crippen LogP contribution in [0, 0.1) is 11.6 Å². The van der Waals surface area contributed by atoms with Gasteiger partial charge in [0.25, 0.3) is 5.91 Å². The van der Waals surface area contributed by atoms with Crippen molar-refractivity contribution < 1.29 is 23.5 Å². The van der Waals surface area contributed by atoms with Crippen LogP contribution in [-0.2, 0) is 4.79 Å². The summed E-state index contributed by atoms with van der Waals surface area (Å²) in [6, 6.07) is 2.58. The van der Waals surface area contributed by atoms with Gasteiger partial charge in [-0.3, -0.25) is 14.9 Å². The summed E-state index contributed by atoms with van der Waals surface area (Å²) >= 11 is 1.90. The Bertz CT molecular complexity index is 693. The molecule has 2 rings (SSSR count). The number of rotatable bonds is 5. The SMILES string of the molecule is O=C(O)CSc1nnc(NC(=O)c2ccc(F)cc2F)s1. The molecule has 1 heterocycles. The fourth-order valence-corrected chi connectivity index (χ4v) is 2.75. The third-order valence-electron chi connectivity index (χ3n) is 2.12. The van der Waals surface area contributed by atoms with E-state index in [1.807, 2.05) is 0 Å². The Hall–Kier alpha value is -2.07. The lowest BCUT2D eigenvalue weighted by molar-refractivity contribution is -0.133. The van der Waals surface area contributed by atoms with Crippen molar-refractivity contribution in [2.75, 3.05) is 11.1 Å². The maximum Gasteiger partial charge on any atom is 0.313 e. The van der Waals surface area contributed by atoms with Gasteiger partial charge in [0.1, 0.15) is 11.6 Å². The highest BCUT2D eigenvalue weighted by atomic mass is 32.2. The van der Waals surface area contributed by atoms with Crippen molar-refractivity contribution in [2.24, 2.45) is 0 Å². The third-order valence-corrected chi connectivity index (χ3v) is 4.08. The largest absolute Gasteiger partial charge is 0.481 e. The zero-order valence-electron chi connectivity index (χ0n) is 10.2. The van der Waals surface area contributed by atoms with Gasteiger partial charge >= 0.3 is 5.97 Å². The Morgan fingerprint density at radius 1 is 1.33 bits per heavy atom. The van der Waals surface area contributed by atoms with E-state index in [1.54, 1.807) is 0 Å². The van der Waals surface area contributed by atoms with E-state index in [0.29, 0.717) is 10.4 Å². The van der Waals surface area contributed by atoms with Crippen LogP contribution in [0.1, 0.15) is 10.4 Å². The summed E-state index contributed by atoms with van der Waals surface area (Å²) in [4.78, 5) is 22.2. The summed E-state index contributed by atoms with van der Waals surface area (Å²) in [6.07, 6.45) is 0. The Morgan fingerprint density at radius 3 is 2.76 bits per heavy atom. The summed E-state index contributed by atoms with van der Waals surface area (Å²) in [5, 5.41) is 18.2. The summed E-state index contributed by atoms with van der Waals surface area (Å²) in [5.74, 6) is -3.76. The molecular weight excluding hydrogens is 324 g/mol. The summed E-state index contributed by atoms with van der Waals surface area (Å²) in [7, 11) is 0. The van der Waals surface area contributed by atoms with Gasteiger partial charge in [-0.2, -0.15) is 0 Å². The van der Waals surface area contributed by atoms with Crippen LogP contribution in [-0.4, -0.2) is 32.9 Å². The van der Waals surface area contributed by atoms with E-state index in [4.69, 9.17) is 5.11 Å². The van der Waals surface area contributed by atoms with Crippen LogP contribution in [0.2, 0.25) is 0 Å². The number of aromatic nitrogens is 2. The summed E-state index contributed by atoms with van der Waals surface area (Å²) < 4.78 is 26.5. The van der Waals surface area contributed by atoms with E-state index in [1.165, 1.54) is 0 Å². The Labute approximate surface area is 125 Å². The zero-order chi connectivity index (χ0) is 15.4. The molecule has 21 heavy (non-hydrogen) atoms. The highest BCUT2D eigenvalue weighted by Gasteiger charge is 2.15. The van der Waals surface area contributed by atoms with Crippen LogP contribution in [0.25, 0.3) is 0 Å². The monoisotopic (exact) mass is 331 g/mol. The van der Waals surface area contributed by atoms with Gasteiger partial charge in [0.2, 0.25) is 5.13 Å². The molecule has 0 aliphatic heterocycles. The van der Waals surface area contributed by atoms with Crippen molar-refractivity contribution in [3.05, 3.63) is 35.4 Å². The number of halogens is 2. The van der Waals surface area contributed by atoms with Crippen LogP contribution < -0.4 is 5.32 Å². The van der Waals surface area contributed by atoms with E-state index in [2.05, 4.69) is 15.5 Å². The lowest BCUT2D eigenvalue weighted by atomic mass is 10.2. The van der Waals surface area contributed by atoms with Gasteiger partial charge in [-0.25, -0.2) is 8.78 Å². The number of carbonyl (C=O) groups excluding carboxylic acids is 1. The van der Waals surface area contributed by atoms with Gasteiger partial charge in [0, 0.05) is 6.07 Å². The number of hydrogen-bond acceptors (Lipinski definition) is 6. The quantitative estimate of drug-likeness (QED) is 0.645. The smallest absolute Gasteiger partial charge is 0.313 e. The Morgan fingerprint density at radius 2 is 2.10 bits per heavy atom. The molecule has 10 heteroatoms. The van der Waals surface area contributed by atoms with Gasteiger partial charge in [0.05, 0.1) is 11.3 Å². The predicted molar refractivity (Wildman–Crippen MR) is 72.6 cm³/mol. The predicted octanol–water partition coefficient (Wildman–Crippen LogP) is 2.25. The Balaban J connectivity index is 2.04. The molecule has 0 aliphatic carbocycles. The third kappa shape index (κ3) is 4.20. The number of benzene rings is 1. The molecule has 1 amide bonds. The van der Waals surface area contributed by atoms with Crippen molar-refractivity contribution in [1.82, 2.24) is 10.2 Å². The number of carboxylic acids is 1. The lowest BCUT2D eigenvalue weighted by Crippen LogP contribution is -2.13. The normalized spacial score (nSPS) is 10.4. The molecular formula is C11H7F2N3O3S2. The van der Waals surface area contributed by atoms with Gasteiger partial charge in [-0.1, -0.05) is 23.1 Å². The van der Waals surface area contributed by atoms with Crippen LogP contribution in [0.15, 0.2) is 22.5 Å². The maximum atomic E-state index is 13.4. The molecule has 2 N–H and O–H groups in total. The first-order chi connectivity index (χ1) is 9.95. The molecule has 1 aromatic carbocycles. The fraction of sp³-hybridized carbons (Fsp3) is 0.0909. The lowest BCUT2D eigenvalue weighted by Gasteiger charge is -2.02. The van der Waals surface area contributed by atoms with Crippen molar-refractivity contribution in [1.29, 1.82) is 0 Å². The molecule has 2 aromatic rings. The molecule has 1 aromatic heterocycles. The second-order valence-electron chi connectivity index (χ2n) is 3.63. The van der Waals surface area contributed by atoms with E-state index in [0.717, 1.165) is 35.2 Å². The molecule has 0 saturated heterocycles. The van der Waals surface area contributed by atoms with Crippen LogP contribution >= 0.6 is 23.1 Å². The number of carboxylic acid groups (broad SMARTS) is 1. The van der Waals surface area contributed by atoms with Crippen LogP contribution in [0.4, 0.5) is 13.9 Å². The molecule has 0 bridgehead atoms. The minimum atomic E-state index is -1.01. The first-order valence-corrected chi connectivity index (χ1v) is 7.20. The van der Waals surface area contributed by atoms with Crippen molar-refractivity contribution >= 4 is 40.1 Å². The molecule has 0 saturated carbocycles. The number of amides is 1. The van der Waals surface area contributed by atoms with Gasteiger partial charge in [-0.05, 0) is 12.1 Å². The Kier molecular flexibility index (Phi) is 4.81. The van der Waals surface area contributed by atoms with Crippen molar-refractivity contribution in [2.45, 2.75) is 4.34 Å². The highest BCUT2D eigenvalue weighted by molar-refractivity contribution is 8.01. The van der Waals surface area contributed by atoms with Gasteiger partial charge in [-0.15, -0.1) is 10.2 Å². The number of carbonyl (C=O) groups is 2. The second-order valence-corrected chi connectivity index (χ2v) is 5.83. The topological polar surface area (TPSA) is 92.2 Å². The number of thioether (sulfide) groups is 1. The number of anilines is 1. The van der Waals surface area contributed by atoms with Crippen molar-refractivity contribution in [3.8, 4) is 0 Å². The van der Waals surface area contributed by atoms with Gasteiger partial charge in [0.15, 0.2) is 4.34 Å². The molecule has 0 aliphatic rings. The standard InChI is InChI=1S/C11H7F2N3O3S2/c12-5-1-2-6(7(13)3-5)9(19)14-10-15-16-11(21-10)20-4-8(17)18/h1-3H,4H2,(H,17,18)(H,14,15,19). The number of nitrogens with one attached hydrogen (secondary N) is 1. The minimum absolute atomic E-state index is 0.0941. The van der Waals surface area contributed by atoms with E-state index in [9.17, 15) is 18.4 Å². The molecule has 0 atom stereocenters. The second kappa shape index (κ2) is 6.59. The van der Waals surface area contributed by atoms with E-state index in [-0.39, 0.29) is 16.4 Å². The van der Waals surface area contributed by atoms with E-state index < -0.39 is 23.5 Å². The minimum Gasteiger partial charge on any atom is -0.481 e.